The van der Waals surface area contributed by atoms with E-state index in [1.165, 1.54) is 11.2 Å². The molecule has 1 aromatic heterocycles. The average molecular weight is 256 g/mol. The molecular formula is C14H12N2O3. The molecule has 5 heteroatoms. The van der Waals surface area contributed by atoms with Gasteiger partial charge in [-0.3, -0.25) is 4.79 Å². The molecule has 19 heavy (non-hydrogen) atoms. The monoisotopic (exact) mass is 256 g/mol. The van der Waals surface area contributed by atoms with Crippen LogP contribution in [0.3, 0.4) is 0 Å². The maximum Gasteiger partial charge on any atom is 0.293 e. The van der Waals surface area contributed by atoms with Gasteiger partial charge in [0, 0.05) is 24.9 Å². The van der Waals surface area contributed by atoms with Crippen LogP contribution >= 0.6 is 0 Å². The third-order valence-electron chi connectivity index (χ3n) is 2.90. The van der Waals surface area contributed by atoms with E-state index in [0.717, 1.165) is 0 Å². The molecule has 0 saturated heterocycles. The Hall–Kier alpha value is -2.69. The predicted molar refractivity (Wildman–Crippen MR) is 71.6 cm³/mol. The van der Waals surface area contributed by atoms with Crippen molar-refractivity contribution in [3.8, 4) is 5.75 Å². The van der Waals surface area contributed by atoms with Gasteiger partial charge >= 0.3 is 0 Å². The van der Waals surface area contributed by atoms with E-state index in [1.807, 2.05) is 0 Å². The first-order chi connectivity index (χ1) is 9.15. The van der Waals surface area contributed by atoms with Crippen molar-refractivity contribution in [2.24, 2.45) is 0 Å². The Morgan fingerprint density at radius 2 is 2.16 bits per heavy atom. The van der Waals surface area contributed by atoms with Gasteiger partial charge in [0.2, 0.25) is 0 Å². The van der Waals surface area contributed by atoms with E-state index >= 15 is 0 Å². The van der Waals surface area contributed by atoms with Crippen LogP contribution in [0.25, 0.3) is 6.08 Å². The van der Waals surface area contributed by atoms with Crippen molar-refractivity contribution >= 4 is 23.4 Å². The maximum absolute atomic E-state index is 12.2. The van der Waals surface area contributed by atoms with Crippen molar-refractivity contribution in [2.45, 2.75) is 0 Å². The number of benzene rings is 1. The van der Waals surface area contributed by atoms with Crippen LogP contribution in [-0.2, 0) is 4.79 Å². The number of nitrogen functional groups attached to an aromatic ring is 1. The van der Waals surface area contributed by atoms with Gasteiger partial charge in [0.1, 0.15) is 5.76 Å². The lowest BCUT2D eigenvalue weighted by Crippen LogP contribution is -2.33. The summed E-state index contributed by atoms with van der Waals surface area (Å²) in [5.41, 5.74) is 6.99. The van der Waals surface area contributed by atoms with Crippen LogP contribution in [-0.4, -0.2) is 13.0 Å². The van der Waals surface area contributed by atoms with E-state index in [0.29, 0.717) is 22.9 Å². The molecule has 0 saturated carbocycles. The molecule has 0 unspecified atom stereocenters. The Bertz CT molecular complexity index is 659. The quantitative estimate of drug-likeness (QED) is 0.627. The lowest BCUT2D eigenvalue weighted by Gasteiger charge is -2.27. The number of ether oxygens (including phenoxy) is 1. The molecule has 1 amide bonds. The summed E-state index contributed by atoms with van der Waals surface area (Å²) in [4.78, 5) is 13.7. The molecule has 0 fully saturated rings. The minimum absolute atomic E-state index is 0.204. The molecule has 1 aliphatic heterocycles. The second-order valence-corrected chi connectivity index (χ2v) is 4.22. The average Bonchev–Trinajstić information content (AvgIpc) is 2.88. The minimum Gasteiger partial charge on any atom is -0.465 e. The van der Waals surface area contributed by atoms with E-state index in [4.69, 9.17) is 14.9 Å². The molecule has 0 bridgehead atoms. The zero-order valence-electron chi connectivity index (χ0n) is 10.3. The van der Waals surface area contributed by atoms with E-state index in [-0.39, 0.29) is 11.7 Å². The maximum atomic E-state index is 12.2. The number of amides is 1. The van der Waals surface area contributed by atoms with Crippen molar-refractivity contribution in [2.75, 3.05) is 17.7 Å². The first-order valence-corrected chi connectivity index (χ1v) is 5.76. The van der Waals surface area contributed by atoms with Crippen molar-refractivity contribution in [3.63, 3.8) is 0 Å². The highest BCUT2D eigenvalue weighted by Gasteiger charge is 2.27. The van der Waals surface area contributed by atoms with E-state index in [2.05, 4.69) is 0 Å². The normalized spacial score (nSPS) is 16.4. The van der Waals surface area contributed by atoms with Crippen molar-refractivity contribution in [1.29, 1.82) is 0 Å². The summed E-state index contributed by atoms with van der Waals surface area (Å²) >= 11 is 0. The first-order valence-electron chi connectivity index (χ1n) is 5.76. The molecular weight excluding hydrogens is 244 g/mol. The van der Waals surface area contributed by atoms with Gasteiger partial charge in [0.15, 0.2) is 11.5 Å². The SMILES string of the molecule is CN1C(=O)/C(=C\c2ccco2)Oc2cc(N)ccc21. The molecule has 5 nitrogen and oxygen atoms in total. The van der Waals surface area contributed by atoms with Gasteiger partial charge in [-0.1, -0.05) is 0 Å². The summed E-state index contributed by atoms with van der Waals surface area (Å²) < 4.78 is 10.8. The molecule has 2 aromatic rings. The Balaban J connectivity index is 2.05. The Kier molecular flexibility index (Phi) is 2.52. The van der Waals surface area contributed by atoms with Crippen molar-refractivity contribution < 1.29 is 13.9 Å². The number of fused-ring (bicyclic) bond motifs is 1. The highest BCUT2D eigenvalue weighted by molar-refractivity contribution is 6.09. The molecule has 3 rings (SSSR count). The standard InChI is InChI=1S/C14H12N2O3/c1-16-11-5-4-9(15)7-12(11)19-13(14(16)17)8-10-3-2-6-18-10/h2-8H,15H2,1H3/b13-8+. The number of likely N-dealkylation sites (N-methyl/N-ethyl adjacent to an activating group) is 1. The number of rotatable bonds is 1. The third-order valence-corrected chi connectivity index (χ3v) is 2.90. The number of anilines is 2. The largest absolute Gasteiger partial charge is 0.465 e. The van der Waals surface area contributed by atoms with Crippen molar-refractivity contribution in [3.05, 3.63) is 48.1 Å². The smallest absolute Gasteiger partial charge is 0.293 e. The van der Waals surface area contributed by atoms with Gasteiger partial charge in [-0.05, 0) is 24.3 Å². The second-order valence-electron chi connectivity index (χ2n) is 4.22. The van der Waals surface area contributed by atoms with E-state index in [9.17, 15) is 4.79 Å². The molecule has 1 aliphatic rings. The number of carbonyl (C=O) groups is 1. The van der Waals surface area contributed by atoms with Gasteiger partial charge in [-0.25, -0.2) is 0 Å². The number of nitrogens with zero attached hydrogens (tertiary/aromatic N) is 1. The molecule has 1 aromatic carbocycles. The molecule has 0 aliphatic carbocycles. The summed E-state index contributed by atoms with van der Waals surface area (Å²) in [6.45, 7) is 0. The molecule has 2 N–H and O–H groups in total. The Labute approximate surface area is 109 Å². The second kappa shape index (κ2) is 4.20. The minimum atomic E-state index is -0.228. The van der Waals surface area contributed by atoms with E-state index in [1.54, 1.807) is 43.5 Å². The topological polar surface area (TPSA) is 68.7 Å². The molecule has 96 valence electrons. The van der Waals surface area contributed by atoms with Crippen LogP contribution < -0.4 is 15.4 Å². The summed E-state index contributed by atoms with van der Waals surface area (Å²) in [5.74, 6) is 1.09. The molecule has 0 atom stereocenters. The number of hydrogen-bond acceptors (Lipinski definition) is 4. The van der Waals surface area contributed by atoms with E-state index < -0.39 is 0 Å². The number of furan rings is 1. The molecule has 0 spiro atoms. The molecule has 2 heterocycles. The predicted octanol–water partition coefficient (Wildman–Crippen LogP) is 2.26. The van der Waals surface area contributed by atoms with Gasteiger partial charge < -0.3 is 19.8 Å². The van der Waals surface area contributed by atoms with Crippen LogP contribution in [0.4, 0.5) is 11.4 Å². The lowest BCUT2D eigenvalue weighted by molar-refractivity contribution is -0.117. The summed E-state index contributed by atoms with van der Waals surface area (Å²) in [7, 11) is 1.69. The Morgan fingerprint density at radius 1 is 1.32 bits per heavy atom. The summed E-state index contributed by atoms with van der Waals surface area (Å²) in [6.07, 6.45) is 3.10. The number of nitrogens with two attached hydrogens (primary N) is 1. The van der Waals surface area contributed by atoms with Crippen LogP contribution in [0.15, 0.2) is 46.8 Å². The fourth-order valence-electron chi connectivity index (χ4n) is 1.92. The van der Waals surface area contributed by atoms with Gasteiger partial charge in [0.25, 0.3) is 5.91 Å². The van der Waals surface area contributed by atoms with Gasteiger partial charge in [-0.2, -0.15) is 0 Å². The van der Waals surface area contributed by atoms with Crippen LogP contribution in [0.5, 0.6) is 5.75 Å². The zero-order valence-corrected chi connectivity index (χ0v) is 10.3. The van der Waals surface area contributed by atoms with Crippen LogP contribution in [0.2, 0.25) is 0 Å². The fraction of sp³-hybridized carbons (Fsp3) is 0.0714. The fourth-order valence-corrected chi connectivity index (χ4v) is 1.92. The highest BCUT2D eigenvalue weighted by atomic mass is 16.5. The highest BCUT2D eigenvalue weighted by Crippen LogP contribution is 2.36. The lowest BCUT2D eigenvalue weighted by atomic mass is 10.2. The Morgan fingerprint density at radius 3 is 2.89 bits per heavy atom. The first kappa shape index (κ1) is 11.4. The number of carbonyl (C=O) groups excluding carboxylic acids is 1. The number of hydrogen-bond donors (Lipinski definition) is 1. The third kappa shape index (κ3) is 1.95. The summed E-state index contributed by atoms with van der Waals surface area (Å²) in [5, 5.41) is 0. The van der Waals surface area contributed by atoms with Crippen LogP contribution in [0, 0.1) is 0 Å². The zero-order chi connectivity index (χ0) is 13.4. The van der Waals surface area contributed by atoms with Crippen molar-refractivity contribution in [1.82, 2.24) is 0 Å². The molecule has 0 radical (unpaired) electrons. The van der Waals surface area contributed by atoms with Crippen LogP contribution in [0.1, 0.15) is 5.76 Å². The van der Waals surface area contributed by atoms with Gasteiger partial charge in [-0.15, -0.1) is 0 Å². The summed E-state index contributed by atoms with van der Waals surface area (Å²) in [6, 6.07) is 8.67. The van der Waals surface area contributed by atoms with Gasteiger partial charge in [0.05, 0.1) is 12.0 Å².